The zero-order valence-electron chi connectivity index (χ0n) is 7.13. The van der Waals surface area contributed by atoms with Crippen LogP contribution < -0.4 is 0 Å². The van der Waals surface area contributed by atoms with Crippen LogP contribution in [-0.4, -0.2) is 34.6 Å². The van der Waals surface area contributed by atoms with E-state index in [2.05, 4.69) is 0 Å². The van der Waals surface area contributed by atoms with Gasteiger partial charge in [-0.05, 0) is 26.7 Å². The minimum atomic E-state index is -0.433. The van der Waals surface area contributed by atoms with Crippen molar-refractivity contribution < 1.29 is 14.9 Å². The first-order valence-electron chi connectivity index (χ1n) is 3.95. The van der Waals surface area contributed by atoms with Gasteiger partial charge in [0.15, 0.2) is 0 Å². The summed E-state index contributed by atoms with van der Waals surface area (Å²) in [5.74, 6) is 0. The number of ether oxygens (including phenoxy) is 1. The van der Waals surface area contributed by atoms with E-state index in [-0.39, 0.29) is 13.2 Å². The second kappa shape index (κ2) is 2.73. The van der Waals surface area contributed by atoms with E-state index < -0.39 is 11.2 Å². The van der Waals surface area contributed by atoms with E-state index in [9.17, 15) is 0 Å². The molecule has 3 nitrogen and oxygen atoms in total. The molecule has 0 aliphatic carbocycles. The van der Waals surface area contributed by atoms with Crippen LogP contribution in [0.1, 0.15) is 26.7 Å². The summed E-state index contributed by atoms with van der Waals surface area (Å²) in [6.07, 6.45) is 1.64. The molecule has 0 aromatic heterocycles. The molecule has 0 bridgehead atoms. The van der Waals surface area contributed by atoms with Gasteiger partial charge in [0, 0.05) is 0 Å². The lowest BCUT2D eigenvalue weighted by Gasteiger charge is -2.27. The normalized spacial score (nSPS) is 44.7. The van der Waals surface area contributed by atoms with E-state index in [0.717, 1.165) is 12.8 Å². The van der Waals surface area contributed by atoms with E-state index >= 15 is 0 Å². The van der Waals surface area contributed by atoms with Crippen LogP contribution in [0.5, 0.6) is 0 Å². The van der Waals surface area contributed by atoms with Crippen LogP contribution in [0.15, 0.2) is 0 Å². The van der Waals surface area contributed by atoms with E-state index in [1.165, 1.54) is 0 Å². The molecule has 66 valence electrons. The van der Waals surface area contributed by atoms with Crippen LogP contribution in [0.25, 0.3) is 0 Å². The van der Waals surface area contributed by atoms with Crippen molar-refractivity contribution in [2.45, 2.75) is 37.9 Å². The summed E-state index contributed by atoms with van der Waals surface area (Å²) in [5.41, 5.74) is -0.866. The van der Waals surface area contributed by atoms with Gasteiger partial charge < -0.3 is 14.9 Å². The zero-order chi connectivity index (χ0) is 8.54. The summed E-state index contributed by atoms with van der Waals surface area (Å²) in [5, 5.41) is 17.9. The number of hydrogen-bond acceptors (Lipinski definition) is 3. The van der Waals surface area contributed by atoms with Crippen LogP contribution in [0.3, 0.4) is 0 Å². The molecule has 2 N–H and O–H groups in total. The van der Waals surface area contributed by atoms with Gasteiger partial charge in [-0.2, -0.15) is 0 Å². The molecule has 0 unspecified atom stereocenters. The Bertz CT molecular complexity index is 132. The molecule has 0 aromatic carbocycles. The van der Waals surface area contributed by atoms with Gasteiger partial charge in [0.2, 0.25) is 0 Å². The smallest absolute Gasteiger partial charge is 0.0893 e. The van der Waals surface area contributed by atoms with Crippen molar-refractivity contribution in [3.8, 4) is 0 Å². The van der Waals surface area contributed by atoms with Crippen LogP contribution in [0.2, 0.25) is 0 Å². The lowest BCUT2D eigenvalue weighted by Crippen LogP contribution is -2.36. The SMILES string of the molecule is C[C@]1(CO)CC[C@@](C)(CO)O1. The average Bonchev–Trinajstić information content (AvgIpc) is 2.30. The van der Waals surface area contributed by atoms with Gasteiger partial charge in [0.1, 0.15) is 0 Å². The molecule has 1 fully saturated rings. The van der Waals surface area contributed by atoms with Gasteiger partial charge in [-0.1, -0.05) is 0 Å². The van der Waals surface area contributed by atoms with E-state index in [1.54, 1.807) is 0 Å². The van der Waals surface area contributed by atoms with Gasteiger partial charge >= 0.3 is 0 Å². The fourth-order valence-corrected chi connectivity index (χ4v) is 1.45. The van der Waals surface area contributed by atoms with Gasteiger partial charge in [-0.15, -0.1) is 0 Å². The fraction of sp³-hybridized carbons (Fsp3) is 1.00. The predicted octanol–water partition coefficient (Wildman–Crippen LogP) is 0.299. The molecule has 2 atom stereocenters. The standard InChI is InChI=1S/C8H16O3/c1-7(5-9)3-4-8(2,6-10)11-7/h9-10H,3-6H2,1-2H3/t7-,8+. The van der Waals surface area contributed by atoms with Gasteiger partial charge in [-0.3, -0.25) is 0 Å². The Morgan fingerprint density at radius 1 is 1.09 bits per heavy atom. The summed E-state index contributed by atoms with van der Waals surface area (Å²) in [6, 6.07) is 0. The molecular weight excluding hydrogens is 144 g/mol. The van der Waals surface area contributed by atoms with Crippen LogP contribution in [0.4, 0.5) is 0 Å². The predicted molar refractivity (Wildman–Crippen MR) is 41.3 cm³/mol. The minimum absolute atomic E-state index is 0.0303. The maximum atomic E-state index is 8.95. The molecule has 1 heterocycles. The van der Waals surface area contributed by atoms with E-state index in [0.29, 0.717) is 0 Å². The summed E-state index contributed by atoms with van der Waals surface area (Å²) in [7, 11) is 0. The third-order valence-corrected chi connectivity index (χ3v) is 2.34. The summed E-state index contributed by atoms with van der Waals surface area (Å²) < 4.78 is 5.53. The maximum absolute atomic E-state index is 8.95. The van der Waals surface area contributed by atoms with E-state index in [4.69, 9.17) is 14.9 Å². The van der Waals surface area contributed by atoms with Crippen molar-refractivity contribution >= 4 is 0 Å². The Kier molecular flexibility index (Phi) is 2.23. The molecule has 11 heavy (non-hydrogen) atoms. The molecule has 0 saturated carbocycles. The summed E-state index contributed by atoms with van der Waals surface area (Å²) in [6.45, 7) is 3.80. The number of aliphatic hydroxyl groups is 2. The van der Waals surface area contributed by atoms with Crippen molar-refractivity contribution in [2.24, 2.45) is 0 Å². The first-order valence-corrected chi connectivity index (χ1v) is 3.95. The Morgan fingerprint density at radius 2 is 1.45 bits per heavy atom. The van der Waals surface area contributed by atoms with Crippen molar-refractivity contribution in [1.82, 2.24) is 0 Å². The van der Waals surface area contributed by atoms with Crippen molar-refractivity contribution in [3.63, 3.8) is 0 Å². The summed E-state index contributed by atoms with van der Waals surface area (Å²) >= 11 is 0. The lowest BCUT2D eigenvalue weighted by molar-refractivity contribution is -0.124. The van der Waals surface area contributed by atoms with Crippen molar-refractivity contribution in [3.05, 3.63) is 0 Å². The Balaban J connectivity index is 2.58. The topological polar surface area (TPSA) is 49.7 Å². The highest BCUT2D eigenvalue weighted by Crippen LogP contribution is 2.36. The molecule has 1 saturated heterocycles. The average molecular weight is 160 g/mol. The van der Waals surface area contributed by atoms with Crippen molar-refractivity contribution in [2.75, 3.05) is 13.2 Å². The minimum Gasteiger partial charge on any atom is -0.393 e. The first kappa shape index (κ1) is 8.97. The monoisotopic (exact) mass is 160 g/mol. The van der Waals surface area contributed by atoms with Gasteiger partial charge in [0.25, 0.3) is 0 Å². The highest BCUT2D eigenvalue weighted by molar-refractivity contribution is 4.91. The molecule has 1 aliphatic rings. The molecule has 0 radical (unpaired) electrons. The molecular formula is C8H16O3. The Hall–Kier alpha value is -0.120. The number of rotatable bonds is 2. The quantitative estimate of drug-likeness (QED) is 0.610. The number of aliphatic hydroxyl groups excluding tert-OH is 2. The molecule has 0 amide bonds. The van der Waals surface area contributed by atoms with Crippen LogP contribution in [0, 0.1) is 0 Å². The number of hydrogen-bond donors (Lipinski definition) is 2. The van der Waals surface area contributed by atoms with Gasteiger partial charge in [-0.25, -0.2) is 0 Å². The second-order valence-corrected chi connectivity index (χ2v) is 3.82. The highest BCUT2D eigenvalue weighted by Gasteiger charge is 2.42. The zero-order valence-corrected chi connectivity index (χ0v) is 7.13. The van der Waals surface area contributed by atoms with Gasteiger partial charge in [0.05, 0.1) is 24.4 Å². The molecule has 1 aliphatic heterocycles. The first-order chi connectivity index (χ1) is 5.04. The molecule has 1 rings (SSSR count). The van der Waals surface area contributed by atoms with Crippen molar-refractivity contribution in [1.29, 1.82) is 0 Å². The third kappa shape index (κ3) is 1.72. The van der Waals surface area contributed by atoms with Crippen LogP contribution >= 0.6 is 0 Å². The molecule has 3 heteroatoms. The molecule has 0 aromatic rings. The third-order valence-electron chi connectivity index (χ3n) is 2.34. The summed E-state index contributed by atoms with van der Waals surface area (Å²) in [4.78, 5) is 0. The van der Waals surface area contributed by atoms with E-state index in [1.807, 2.05) is 13.8 Å². The Morgan fingerprint density at radius 3 is 1.64 bits per heavy atom. The molecule has 0 spiro atoms. The van der Waals surface area contributed by atoms with Crippen LogP contribution in [-0.2, 0) is 4.74 Å². The largest absolute Gasteiger partial charge is 0.393 e. The second-order valence-electron chi connectivity index (χ2n) is 3.82. The fourth-order valence-electron chi connectivity index (χ4n) is 1.45. The maximum Gasteiger partial charge on any atom is 0.0893 e. The Labute approximate surface area is 67.0 Å². The highest BCUT2D eigenvalue weighted by atomic mass is 16.5. The lowest BCUT2D eigenvalue weighted by atomic mass is 9.99.